The molecular formula is C29H43N5O11. The standard InChI is InChI=1S/C29H43N5O11/c1-15(35)21(24(30)37)31-27(40)29(14-17-12-19(43-3)23(45-5)20(13-17)44-4)9-7-11-34(29)25(38)18-8-6-10-33(18)26(39)22(16(2)36)32-28(41)42/h12-13,15-16,18,21-22,32,35-36H,6-11,14H2,1-5H3,(H2,30,37)(H,31,40)(H,41,42)/t15?,16?,18-,21?,22?,29?/m0/s1. The highest BCUT2D eigenvalue weighted by Gasteiger charge is 2.53. The Hall–Kier alpha value is -4.31. The number of carbonyl (C=O) groups is 5. The fraction of sp³-hybridized carbons (Fsp3) is 0.621. The Balaban J connectivity index is 2.08. The van der Waals surface area contributed by atoms with Crippen molar-refractivity contribution >= 4 is 29.7 Å². The summed E-state index contributed by atoms with van der Waals surface area (Å²) >= 11 is 0. The number of hydrogen-bond donors (Lipinski definition) is 6. The zero-order chi connectivity index (χ0) is 33.6. The fourth-order valence-electron chi connectivity index (χ4n) is 6.15. The number of hydrogen-bond acceptors (Lipinski definition) is 10. The number of benzene rings is 1. The monoisotopic (exact) mass is 637 g/mol. The van der Waals surface area contributed by atoms with Gasteiger partial charge in [0.25, 0.3) is 0 Å². The smallest absolute Gasteiger partial charge is 0.405 e. The van der Waals surface area contributed by atoms with E-state index in [1.807, 2.05) is 5.32 Å². The number of nitrogens with zero attached hydrogens (tertiary/aromatic N) is 2. The second-order valence-corrected chi connectivity index (χ2v) is 11.3. The number of aliphatic hydroxyl groups is 2. The maximum Gasteiger partial charge on any atom is 0.405 e. The van der Waals surface area contributed by atoms with Crippen molar-refractivity contribution in [1.82, 2.24) is 20.4 Å². The number of aliphatic hydroxyl groups excluding tert-OH is 2. The first-order valence-electron chi connectivity index (χ1n) is 14.6. The number of nitrogens with two attached hydrogens (primary N) is 1. The third-order valence-corrected chi connectivity index (χ3v) is 8.32. The Labute approximate surface area is 260 Å². The van der Waals surface area contributed by atoms with Crippen molar-refractivity contribution in [3.8, 4) is 17.2 Å². The Bertz CT molecular complexity index is 1260. The SMILES string of the molecule is COc1cc(CC2(C(=O)NC(C(N)=O)C(C)O)CCCN2C(=O)[C@@H]2CCCN2C(=O)C(NC(=O)O)C(C)O)cc(OC)c1OC. The number of likely N-dealkylation sites (tertiary alicyclic amines) is 2. The van der Waals surface area contributed by atoms with Crippen LogP contribution < -0.4 is 30.6 Å². The molecule has 0 aromatic heterocycles. The molecule has 1 aromatic rings. The van der Waals surface area contributed by atoms with Crippen LogP contribution in [0.5, 0.6) is 17.2 Å². The van der Waals surface area contributed by atoms with E-state index in [1.54, 1.807) is 12.1 Å². The molecule has 6 atom stereocenters. The minimum atomic E-state index is -1.61. The van der Waals surface area contributed by atoms with E-state index in [4.69, 9.17) is 19.9 Å². The van der Waals surface area contributed by atoms with Crippen LogP contribution in [0.25, 0.3) is 0 Å². The molecular weight excluding hydrogens is 594 g/mol. The molecule has 2 saturated heterocycles. The van der Waals surface area contributed by atoms with Crippen molar-refractivity contribution in [3.05, 3.63) is 17.7 Å². The third kappa shape index (κ3) is 7.33. The molecule has 1 aromatic carbocycles. The maximum absolute atomic E-state index is 14.3. The molecule has 2 aliphatic heterocycles. The van der Waals surface area contributed by atoms with E-state index >= 15 is 0 Å². The number of amides is 5. The van der Waals surface area contributed by atoms with Gasteiger partial charge < -0.3 is 55.7 Å². The lowest BCUT2D eigenvalue weighted by Gasteiger charge is -2.41. The van der Waals surface area contributed by atoms with Crippen LogP contribution in [-0.4, -0.2) is 125 Å². The van der Waals surface area contributed by atoms with Crippen molar-refractivity contribution in [2.45, 2.75) is 81.8 Å². The highest BCUT2D eigenvalue weighted by Crippen LogP contribution is 2.42. The topological polar surface area (TPSA) is 230 Å². The minimum absolute atomic E-state index is 0.0793. The fourth-order valence-corrected chi connectivity index (χ4v) is 6.15. The molecule has 45 heavy (non-hydrogen) atoms. The van der Waals surface area contributed by atoms with Gasteiger partial charge in [-0.15, -0.1) is 0 Å². The second-order valence-electron chi connectivity index (χ2n) is 11.3. The molecule has 0 saturated carbocycles. The number of carboxylic acid groups (broad SMARTS) is 1. The largest absolute Gasteiger partial charge is 0.493 e. The number of rotatable bonds is 13. The predicted molar refractivity (Wildman–Crippen MR) is 158 cm³/mol. The molecule has 2 aliphatic rings. The number of carbonyl (C=O) groups excluding carboxylic acids is 4. The average Bonchev–Trinajstić information content (AvgIpc) is 3.65. The second kappa shape index (κ2) is 14.6. The summed E-state index contributed by atoms with van der Waals surface area (Å²) in [5.74, 6) is -2.12. The molecule has 0 bridgehead atoms. The highest BCUT2D eigenvalue weighted by molar-refractivity contribution is 5.98. The van der Waals surface area contributed by atoms with Gasteiger partial charge >= 0.3 is 6.09 Å². The Morgan fingerprint density at radius 3 is 2.04 bits per heavy atom. The molecule has 2 fully saturated rings. The van der Waals surface area contributed by atoms with Crippen molar-refractivity contribution in [2.75, 3.05) is 34.4 Å². The summed E-state index contributed by atoms with van der Waals surface area (Å²) in [6.07, 6.45) is -3.11. The van der Waals surface area contributed by atoms with E-state index in [2.05, 4.69) is 5.32 Å². The maximum atomic E-state index is 14.3. The molecule has 0 aliphatic carbocycles. The summed E-state index contributed by atoms with van der Waals surface area (Å²) in [7, 11) is 4.30. The van der Waals surface area contributed by atoms with E-state index in [1.165, 1.54) is 45.0 Å². The first kappa shape index (κ1) is 35.2. The number of nitrogens with one attached hydrogen (secondary N) is 2. The zero-order valence-electron chi connectivity index (χ0n) is 26.1. The van der Waals surface area contributed by atoms with Crippen LogP contribution in [-0.2, 0) is 25.6 Å². The van der Waals surface area contributed by atoms with E-state index in [0.717, 1.165) is 0 Å². The first-order chi connectivity index (χ1) is 21.2. The Kier molecular flexibility index (Phi) is 11.4. The molecule has 7 N–H and O–H groups in total. The summed E-state index contributed by atoms with van der Waals surface area (Å²) < 4.78 is 16.4. The highest BCUT2D eigenvalue weighted by atomic mass is 16.5. The molecule has 5 unspecified atom stereocenters. The normalized spacial score (nSPS) is 22.2. The quantitative estimate of drug-likeness (QED) is 0.153. The third-order valence-electron chi connectivity index (χ3n) is 8.32. The summed E-state index contributed by atoms with van der Waals surface area (Å²) in [6.45, 7) is 2.81. The summed E-state index contributed by atoms with van der Waals surface area (Å²) in [5, 5.41) is 34.1. The van der Waals surface area contributed by atoms with E-state index in [9.17, 15) is 39.3 Å². The number of primary amides is 1. The molecule has 3 rings (SSSR count). The molecule has 0 radical (unpaired) electrons. The zero-order valence-corrected chi connectivity index (χ0v) is 26.1. The summed E-state index contributed by atoms with van der Waals surface area (Å²) in [5.41, 5.74) is 4.38. The molecule has 0 spiro atoms. The van der Waals surface area contributed by atoms with Crippen molar-refractivity contribution in [1.29, 1.82) is 0 Å². The van der Waals surface area contributed by atoms with Gasteiger partial charge in [0.1, 0.15) is 23.7 Å². The van der Waals surface area contributed by atoms with Crippen molar-refractivity contribution < 1.29 is 53.5 Å². The van der Waals surface area contributed by atoms with Gasteiger partial charge in [0, 0.05) is 19.5 Å². The van der Waals surface area contributed by atoms with Crippen LogP contribution in [0.3, 0.4) is 0 Å². The lowest BCUT2D eigenvalue weighted by Crippen LogP contribution is -2.65. The van der Waals surface area contributed by atoms with Gasteiger partial charge in [-0.25, -0.2) is 4.79 Å². The van der Waals surface area contributed by atoms with Gasteiger partial charge in [0.15, 0.2) is 11.5 Å². The van der Waals surface area contributed by atoms with Crippen LogP contribution in [0.4, 0.5) is 4.79 Å². The van der Waals surface area contributed by atoms with Crippen LogP contribution in [0.15, 0.2) is 12.1 Å². The van der Waals surface area contributed by atoms with E-state index in [-0.39, 0.29) is 32.4 Å². The van der Waals surface area contributed by atoms with Gasteiger partial charge in [-0.3, -0.25) is 19.2 Å². The molecule has 5 amide bonds. The van der Waals surface area contributed by atoms with Crippen LogP contribution in [0.2, 0.25) is 0 Å². The Morgan fingerprint density at radius 1 is 0.956 bits per heavy atom. The van der Waals surface area contributed by atoms with Crippen molar-refractivity contribution in [2.24, 2.45) is 5.73 Å². The first-order valence-corrected chi connectivity index (χ1v) is 14.6. The van der Waals surface area contributed by atoms with Crippen LogP contribution in [0.1, 0.15) is 45.1 Å². The van der Waals surface area contributed by atoms with Crippen LogP contribution in [0, 0.1) is 0 Å². The summed E-state index contributed by atoms with van der Waals surface area (Å²) in [6, 6.07) is -0.751. The number of ether oxygens (including phenoxy) is 3. The Morgan fingerprint density at radius 2 is 1.56 bits per heavy atom. The molecule has 250 valence electrons. The minimum Gasteiger partial charge on any atom is -0.493 e. The van der Waals surface area contributed by atoms with Gasteiger partial charge in [-0.1, -0.05) is 0 Å². The van der Waals surface area contributed by atoms with Crippen molar-refractivity contribution in [3.63, 3.8) is 0 Å². The average molecular weight is 638 g/mol. The molecule has 16 heteroatoms. The summed E-state index contributed by atoms with van der Waals surface area (Å²) in [4.78, 5) is 68.0. The number of methoxy groups -OCH3 is 3. The van der Waals surface area contributed by atoms with Gasteiger partial charge in [0.2, 0.25) is 29.4 Å². The molecule has 16 nitrogen and oxygen atoms in total. The lowest BCUT2D eigenvalue weighted by atomic mass is 9.85. The van der Waals surface area contributed by atoms with Gasteiger partial charge in [0.05, 0.1) is 33.5 Å². The predicted octanol–water partition coefficient (Wildman–Crippen LogP) is -1.02. The van der Waals surface area contributed by atoms with E-state index in [0.29, 0.717) is 35.7 Å². The lowest BCUT2D eigenvalue weighted by molar-refractivity contribution is -0.153. The van der Waals surface area contributed by atoms with E-state index < -0.39 is 65.6 Å². The van der Waals surface area contributed by atoms with Crippen LogP contribution >= 0.6 is 0 Å². The van der Waals surface area contributed by atoms with Gasteiger partial charge in [-0.2, -0.15) is 0 Å². The van der Waals surface area contributed by atoms with Gasteiger partial charge in [-0.05, 0) is 57.2 Å². The molecule has 2 heterocycles.